The summed E-state index contributed by atoms with van der Waals surface area (Å²) in [7, 11) is 3.75. The molecule has 0 radical (unpaired) electrons. The van der Waals surface area contributed by atoms with Gasteiger partial charge in [0.15, 0.2) is 0 Å². The molecule has 0 saturated carbocycles. The van der Waals surface area contributed by atoms with Gasteiger partial charge in [0.1, 0.15) is 5.82 Å². The van der Waals surface area contributed by atoms with Gasteiger partial charge in [-0.3, -0.25) is 4.68 Å². The number of hydrogen-bond acceptors (Lipinski definition) is 2. The highest BCUT2D eigenvalue weighted by molar-refractivity contribution is 9.10. The third-order valence-electron chi connectivity index (χ3n) is 2.70. The van der Waals surface area contributed by atoms with Crippen molar-refractivity contribution in [2.24, 2.45) is 7.05 Å². The van der Waals surface area contributed by atoms with Crippen LogP contribution in [-0.4, -0.2) is 16.8 Å². The van der Waals surface area contributed by atoms with Crippen LogP contribution < -0.4 is 5.32 Å². The Labute approximate surface area is 108 Å². The molecule has 0 aliphatic rings. The summed E-state index contributed by atoms with van der Waals surface area (Å²) in [6.45, 7) is 0. The molecule has 1 aromatic carbocycles. The molecule has 1 aromatic heterocycles. The smallest absolute Gasteiger partial charge is 0.123 e. The van der Waals surface area contributed by atoms with Gasteiger partial charge in [0, 0.05) is 7.05 Å². The summed E-state index contributed by atoms with van der Waals surface area (Å²) in [6, 6.07) is 6.46. The number of aromatic nitrogens is 2. The molecule has 1 unspecified atom stereocenters. The van der Waals surface area contributed by atoms with E-state index >= 15 is 0 Å². The predicted octanol–water partition coefficient (Wildman–Crippen LogP) is 2.63. The lowest BCUT2D eigenvalue weighted by molar-refractivity contribution is 0.598. The number of benzene rings is 1. The number of aryl methyl sites for hydroxylation is 1. The fraction of sp³-hybridized carbons (Fsp3) is 0.250. The highest BCUT2D eigenvalue weighted by atomic mass is 79.9. The van der Waals surface area contributed by atoms with E-state index in [1.807, 2.05) is 14.1 Å². The third kappa shape index (κ3) is 2.40. The molecule has 1 heterocycles. The molecule has 0 fully saturated rings. The molecule has 0 bridgehead atoms. The van der Waals surface area contributed by atoms with E-state index in [2.05, 4.69) is 26.3 Å². The zero-order valence-corrected chi connectivity index (χ0v) is 11.2. The Morgan fingerprint density at radius 3 is 2.47 bits per heavy atom. The van der Waals surface area contributed by atoms with E-state index in [1.54, 1.807) is 23.0 Å². The fourth-order valence-corrected chi connectivity index (χ4v) is 2.44. The van der Waals surface area contributed by atoms with Gasteiger partial charge in [0.05, 0.1) is 22.4 Å². The van der Waals surface area contributed by atoms with Gasteiger partial charge in [0.25, 0.3) is 0 Å². The molecule has 5 heteroatoms. The van der Waals surface area contributed by atoms with Crippen LogP contribution in [0.3, 0.4) is 0 Å². The Balaban J connectivity index is 2.43. The first-order valence-electron chi connectivity index (χ1n) is 5.23. The quantitative estimate of drug-likeness (QED) is 0.944. The normalized spacial score (nSPS) is 12.7. The van der Waals surface area contributed by atoms with Crippen molar-refractivity contribution in [3.05, 3.63) is 52.0 Å². The minimum atomic E-state index is -0.229. The molecule has 17 heavy (non-hydrogen) atoms. The Bertz CT molecular complexity index is 487. The molecular formula is C12H13BrFN3. The highest BCUT2D eigenvalue weighted by Crippen LogP contribution is 2.27. The number of nitrogens with one attached hydrogen (secondary N) is 1. The second kappa shape index (κ2) is 4.98. The van der Waals surface area contributed by atoms with E-state index in [4.69, 9.17) is 0 Å². The van der Waals surface area contributed by atoms with Crippen molar-refractivity contribution in [1.29, 1.82) is 0 Å². The summed E-state index contributed by atoms with van der Waals surface area (Å²) in [5, 5.41) is 7.39. The summed E-state index contributed by atoms with van der Waals surface area (Å²) in [6.07, 6.45) is 1.75. The molecule has 0 saturated heterocycles. The summed E-state index contributed by atoms with van der Waals surface area (Å²) >= 11 is 3.47. The lowest BCUT2D eigenvalue weighted by Gasteiger charge is -2.17. The molecule has 0 aliphatic carbocycles. The molecule has 2 aromatic rings. The fourth-order valence-electron chi connectivity index (χ4n) is 1.86. The van der Waals surface area contributed by atoms with Crippen molar-refractivity contribution in [3.63, 3.8) is 0 Å². The van der Waals surface area contributed by atoms with E-state index in [0.29, 0.717) is 0 Å². The van der Waals surface area contributed by atoms with Crippen molar-refractivity contribution in [3.8, 4) is 0 Å². The van der Waals surface area contributed by atoms with Crippen molar-refractivity contribution in [1.82, 2.24) is 15.1 Å². The minimum Gasteiger partial charge on any atom is -0.308 e. The van der Waals surface area contributed by atoms with Crippen molar-refractivity contribution >= 4 is 15.9 Å². The molecule has 1 N–H and O–H groups in total. The predicted molar refractivity (Wildman–Crippen MR) is 68.2 cm³/mol. The second-order valence-electron chi connectivity index (χ2n) is 3.77. The van der Waals surface area contributed by atoms with Gasteiger partial charge in [0.2, 0.25) is 0 Å². The van der Waals surface area contributed by atoms with E-state index in [-0.39, 0.29) is 11.9 Å². The van der Waals surface area contributed by atoms with Gasteiger partial charge < -0.3 is 5.32 Å². The van der Waals surface area contributed by atoms with Gasteiger partial charge in [-0.15, -0.1) is 0 Å². The maximum Gasteiger partial charge on any atom is 0.123 e. The Hall–Kier alpha value is -1.20. The summed E-state index contributed by atoms with van der Waals surface area (Å²) < 4.78 is 15.6. The van der Waals surface area contributed by atoms with Crippen LogP contribution in [0, 0.1) is 5.82 Å². The zero-order chi connectivity index (χ0) is 12.4. The minimum absolute atomic E-state index is 0.0162. The molecule has 3 nitrogen and oxygen atoms in total. The number of halogens is 2. The third-order valence-corrected chi connectivity index (χ3v) is 3.31. The van der Waals surface area contributed by atoms with Gasteiger partial charge in [-0.1, -0.05) is 12.1 Å². The lowest BCUT2D eigenvalue weighted by atomic mass is 10.0. The largest absolute Gasteiger partial charge is 0.308 e. The van der Waals surface area contributed by atoms with Crippen LogP contribution in [-0.2, 0) is 7.05 Å². The maximum atomic E-state index is 12.9. The number of rotatable bonds is 3. The first kappa shape index (κ1) is 12.3. The average molecular weight is 298 g/mol. The highest BCUT2D eigenvalue weighted by Gasteiger charge is 2.18. The van der Waals surface area contributed by atoms with E-state index < -0.39 is 0 Å². The van der Waals surface area contributed by atoms with E-state index in [0.717, 1.165) is 15.7 Å². The summed E-state index contributed by atoms with van der Waals surface area (Å²) in [5.41, 5.74) is 2.01. The number of nitrogens with zero attached hydrogens (tertiary/aromatic N) is 2. The monoisotopic (exact) mass is 297 g/mol. The molecule has 1 atom stereocenters. The first-order chi connectivity index (χ1) is 8.13. The second-order valence-corrected chi connectivity index (χ2v) is 4.63. The van der Waals surface area contributed by atoms with Gasteiger partial charge in [-0.25, -0.2) is 4.39 Å². The van der Waals surface area contributed by atoms with Crippen molar-refractivity contribution in [2.75, 3.05) is 7.05 Å². The summed E-state index contributed by atoms with van der Waals surface area (Å²) in [5.74, 6) is -0.229. The van der Waals surface area contributed by atoms with E-state index in [1.165, 1.54) is 12.1 Å². The van der Waals surface area contributed by atoms with Crippen LogP contribution in [0.2, 0.25) is 0 Å². The topological polar surface area (TPSA) is 29.9 Å². The van der Waals surface area contributed by atoms with Crippen LogP contribution in [0.15, 0.2) is 34.9 Å². The molecule has 0 aliphatic heterocycles. The first-order valence-corrected chi connectivity index (χ1v) is 6.03. The Kier molecular flexibility index (Phi) is 3.59. The molecular weight excluding hydrogens is 285 g/mol. The van der Waals surface area contributed by atoms with Crippen LogP contribution in [0.5, 0.6) is 0 Å². The van der Waals surface area contributed by atoms with Crippen molar-refractivity contribution < 1.29 is 4.39 Å². The van der Waals surface area contributed by atoms with Crippen LogP contribution >= 0.6 is 15.9 Å². The zero-order valence-electron chi connectivity index (χ0n) is 9.61. The molecule has 2 rings (SSSR count). The van der Waals surface area contributed by atoms with E-state index in [9.17, 15) is 4.39 Å². The van der Waals surface area contributed by atoms with Gasteiger partial charge >= 0.3 is 0 Å². The number of hydrogen-bond donors (Lipinski definition) is 1. The maximum absolute atomic E-state index is 12.9. The Morgan fingerprint density at radius 2 is 2.00 bits per heavy atom. The SMILES string of the molecule is CNC(c1ccc(F)cc1)c1c(Br)cnn1C. The van der Waals surface area contributed by atoms with Crippen LogP contribution in [0.1, 0.15) is 17.3 Å². The average Bonchev–Trinajstić information content (AvgIpc) is 2.64. The molecule has 0 spiro atoms. The molecule has 0 amide bonds. The Morgan fingerprint density at radius 1 is 1.35 bits per heavy atom. The van der Waals surface area contributed by atoms with Crippen molar-refractivity contribution in [2.45, 2.75) is 6.04 Å². The van der Waals surface area contributed by atoms with Crippen LogP contribution in [0.25, 0.3) is 0 Å². The van der Waals surface area contributed by atoms with Crippen LogP contribution in [0.4, 0.5) is 4.39 Å². The molecule has 90 valence electrons. The standard InChI is InChI=1S/C12H13BrFN3/c1-15-11(8-3-5-9(14)6-4-8)12-10(13)7-16-17(12)2/h3-7,11,15H,1-2H3. The summed E-state index contributed by atoms with van der Waals surface area (Å²) in [4.78, 5) is 0. The van der Waals surface area contributed by atoms with Gasteiger partial charge in [-0.2, -0.15) is 5.10 Å². The van der Waals surface area contributed by atoms with Gasteiger partial charge in [-0.05, 0) is 40.7 Å². The lowest BCUT2D eigenvalue weighted by Crippen LogP contribution is -2.21.